The number of non-ortho nitro benzene ring substituents is 2. The number of amides is 1. The minimum absolute atomic E-state index is 0.00263. The van der Waals surface area contributed by atoms with Gasteiger partial charge in [-0.1, -0.05) is 12.1 Å². The maximum absolute atomic E-state index is 12.0. The molecule has 0 unspecified atom stereocenters. The molecule has 2 aromatic rings. The summed E-state index contributed by atoms with van der Waals surface area (Å²) in [6, 6.07) is 9.95. The lowest BCUT2D eigenvalue weighted by molar-refractivity contribution is -0.394. The largest absolute Gasteiger partial charge is 0.457 e. The number of carbonyl (C=O) groups is 1. The summed E-state index contributed by atoms with van der Waals surface area (Å²) in [5.41, 5.74) is 0.0642. The number of carbonyl (C=O) groups excluding carboxylic acids is 1. The van der Waals surface area contributed by atoms with E-state index in [9.17, 15) is 25.0 Å². The van der Waals surface area contributed by atoms with Gasteiger partial charge in [-0.05, 0) is 37.0 Å². The lowest BCUT2D eigenvalue weighted by Crippen LogP contribution is -2.31. The van der Waals surface area contributed by atoms with Crippen LogP contribution >= 0.6 is 0 Å². The fourth-order valence-electron chi connectivity index (χ4n) is 3.08. The van der Waals surface area contributed by atoms with Gasteiger partial charge in [0.25, 0.3) is 11.4 Å². The molecule has 1 N–H and O–H groups in total. The Balaban J connectivity index is 1.54. The van der Waals surface area contributed by atoms with Crippen LogP contribution in [0.15, 0.2) is 42.5 Å². The molecular formula is C20H21N3O7. The van der Waals surface area contributed by atoms with Gasteiger partial charge in [-0.15, -0.1) is 0 Å². The monoisotopic (exact) mass is 415 g/mol. The quantitative estimate of drug-likeness (QED) is 0.489. The second-order valence-electron chi connectivity index (χ2n) is 6.88. The molecule has 30 heavy (non-hydrogen) atoms. The van der Waals surface area contributed by atoms with E-state index in [1.54, 1.807) is 24.3 Å². The highest BCUT2D eigenvalue weighted by molar-refractivity contribution is 5.76. The van der Waals surface area contributed by atoms with E-state index in [-0.39, 0.29) is 17.8 Å². The van der Waals surface area contributed by atoms with Gasteiger partial charge in [0.05, 0.1) is 34.1 Å². The molecule has 1 aliphatic rings. The van der Waals surface area contributed by atoms with Crippen LogP contribution in [0, 0.1) is 20.2 Å². The summed E-state index contributed by atoms with van der Waals surface area (Å²) in [4.78, 5) is 32.4. The molecule has 1 aliphatic heterocycles. The van der Waals surface area contributed by atoms with Gasteiger partial charge in [0.15, 0.2) is 0 Å². The van der Waals surface area contributed by atoms with Crippen LogP contribution in [0.4, 0.5) is 11.4 Å². The SMILES string of the molecule is O=C(CCc1ccc(Oc2cc([N+](=O)[O-])cc([N+](=O)[O-])c2)cc1)NC[C@H]1CCCO1. The van der Waals surface area contributed by atoms with Crippen molar-refractivity contribution in [1.82, 2.24) is 5.32 Å². The smallest absolute Gasteiger partial charge is 0.280 e. The van der Waals surface area contributed by atoms with Crippen molar-refractivity contribution in [2.24, 2.45) is 0 Å². The van der Waals surface area contributed by atoms with Crippen LogP contribution in [0.3, 0.4) is 0 Å². The van der Waals surface area contributed by atoms with Crippen LogP contribution in [-0.2, 0) is 16.0 Å². The van der Waals surface area contributed by atoms with Crippen molar-refractivity contribution >= 4 is 17.3 Å². The van der Waals surface area contributed by atoms with E-state index in [2.05, 4.69) is 5.32 Å². The van der Waals surface area contributed by atoms with Crippen LogP contribution in [-0.4, -0.2) is 35.0 Å². The zero-order chi connectivity index (χ0) is 21.5. The van der Waals surface area contributed by atoms with Gasteiger partial charge in [0, 0.05) is 19.6 Å². The fraction of sp³-hybridized carbons (Fsp3) is 0.350. The van der Waals surface area contributed by atoms with Gasteiger partial charge in [-0.25, -0.2) is 0 Å². The number of rotatable bonds is 9. The number of ether oxygens (including phenoxy) is 2. The molecule has 0 saturated carbocycles. The van der Waals surface area contributed by atoms with Crippen LogP contribution in [0.5, 0.6) is 11.5 Å². The van der Waals surface area contributed by atoms with Gasteiger partial charge in [0.1, 0.15) is 11.5 Å². The molecule has 0 aromatic heterocycles. The van der Waals surface area contributed by atoms with E-state index in [1.807, 2.05) is 0 Å². The normalized spacial score (nSPS) is 15.5. The van der Waals surface area contributed by atoms with Crippen LogP contribution in [0.2, 0.25) is 0 Å². The molecule has 10 heteroatoms. The Kier molecular flexibility index (Phi) is 6.91. The van der Waals surface area contributed by atoms with Gasteiger partial charge in [-0.3, -0.25) is 25.0 Å². The first-order valence-electron chi connectivity index (χ1n) is 9.49. The molecule has 0 aliphatic carbocycles. The van der Waals surface area contributed by atoms with Gasteiger partial charge in [-0.2, -0.15) is 0 Å². The van der Waals surface area contributed by atoms with E-state index < -0.39 is 21.2 Å². The zero-order valence-corrected chi connectivity index (χ0v) is 16.1. The highest BCUT2D eigenvalue weighted by Crippen LogP contribution is 2.30. The van der Waals surface area contributed by atoms with Crippen molar-refractivity contribution in [2.75, 3.05) is 13.2 Å². The number of benzene rings is 2. The van der Waals surface area contributed by atoms with Gasteiger partial charge < -0.3 is 14.8 Å². The van der Waals surface area contributed by atoms with Gasteiger partial charge >= 0.3 is 0 Å². The van der Waals surface area contributed by atoms with Crippen molar-refractivity contribution in [2.45, 2.75) is 31.8 Å². The molecule has 1 amide bonds. The van der Waals surface area contributed by atoms with Crippen molar-refractivity contribution < 1.29 is 24.1 Å². The number of aryl methyl sites for hydroxylation is 1. The first kappa shape index (κ1) is 21.2. The maximum Gasteiger partial charge on any atom is 0.280 e. The third-order valence-electron chi connectivity index (χ3n) is 4.65. The summed E-state index contributed by atoms with van der Waals surface area (Å²) in [6.07, 6.45) is 2.98. The number of hydrogen-bond acceptors (Lipinski definition) is 7. The Hall–Kier alpha value is -3.53. The third kappa shape index (κ3) is 5.98. The second-order valence-corrected chi connectivity index (χ2v) is 6.88. The number of nitro benzene ring substituents is 2. The van der Waals surface area contributed by atoms with Crippen molar-refractivity contribution in [1.29, 1.82) is 0 Å². The summed E-state index contributed by atoms with van der Waals surface area (Å²) in [5.74, 6) is 0.322. The first-order valence-corrected chi connectivity index (χ1v) is 9.49. The summed E-state index contributed by atoms with van der Waals surface area (Å²) in [7, 11) is 0. The molecule has 1 heterocycles. The minimum Gasteiger partial charge on any atom is -0.457 e. The first-order chi connectivity index (χ1) is 14.4. The Bertz CT molecular complexity index is 892. The molecular weight excluding hydrogens is 394 g/mol. The highest BCUT2D eigenvalue weighted by atomic mass is 16.6. The summed E-state index contributed by atoms with van der Waals surface area (Å²) < 4.78 is 11.0. The highest BCUT2D eigenvalue weighted by Gasteiger charge is 2.18. The molecule has 1 atom stereocenters. The minimum atomic E-state index is -0.715. The topological polar surface area (TPSA) is 134 Å². The average molecular weight is 415 g/mol. The Morgan fingerprint density at radius 3 is 2.30 bits per heavy atom. The molecule has 2 aromatic carbocycles. The van der Waals surface area contributed by atoms with Gasteiger partial charge in [0.2, 0.25) is 5.91 Å². The predicted molar refractivity (Wildman–Crippen MR) is 107 cm³/mol. The number of nitrogens with one attached hydrogen (secondary N) is 1. The number of nitro groups is 2. The molecule has 3 rings (SSSR count). The fourth-order valence-corrected chi connectivity index (χ4v) is 3.08. The second kappa shape index (κ2) is 9.79. The van der Waals surface area contributed by atoms with E-state index in [0.717, 1.165) is 43.2 Å². The van der Waals surface area contributed by atoms with E-state index in [4.69, 9.17) is 9.47 Å². The summed E-state index contributed by atoms with van der Waals surface area (Å²) in [6.45, 7) is 1.28. The van der Waals surface area contributed by atoms with E-state index >= 15 is 0 Å². The predicted octanol–water partition coefficient (Wildman–Crippen LogP) is 3.52. The molecule has 0 radical (unpaired) electrons. The Morgan fingerprint density at radius 1 is 1.07 bits per heavy atom. The molecule has 10 nitrogen and oxygen atoms in total. The average Bonchev–Trinajstić information content (AvgIpc) is 3.25. The lowest BCUT2D eigenvalue weighted by atomic mass is 10.1. The number of nitrogens with zero attached hydrogens (tertiary/aromatic N) is 2. The van der Waals surface area contributed by atoms with Crippen molar-refractivity contribution in [3.8, 4) is 11.5 Å². The summed E-state index contributed by atoms with van der Waals surface area (Å²) >= 11 is 0. The third-order valence-corrected chi connectivity index (χ3v) is 4.65. The zero-order valence-electron chi connectivity index (χ0n) is 16.1. The number of hydrogen-bond donors (Lipinski definition) is 1. The standard InChI is InChI=1S/C20H21N3O7/c24-20(21-13-18-2-1-9-29-18)8-5-14-3-6-17(7-4-14)30-19-11-15(22(25)26)10-16(12-19)23(27)28/h3-4,6-7,10-12,18H,1-2,5,8-9,13H2,(H,21,24)/t18-/m1/s1. The van der Waals surface area contributed by atoms with E-state index in [0.29, 0.717) is 25.1 Å². The van der Waals surface area contributed by atoms with Crippen molar-refractivity contribution in [3.63, 3.8) is 0 Å². The van der Waals surface area contributed by atoms with E-state index in [1.165, 1.54) is 0 Å². The molecule has 1 fully saturated rings. The van der Waals surface area contributed by atoms with Crippen LogP contribution in [0.1, 0.15) is 24.8 Å². The molecule has 1 saturated heterocycles. The van der Waals surface area contributed by atoms with Crippen LogP contribution in [0.25, 0.3) is 0 Å². The summed E-state index contributed by atoms with van der Waals surface area (Å²) in [5, 5.41) is 24.8. The molecule has 158 valence electrons. The van der Waals surface area contributed by atoms with Crippen LogP contribution < -0.4 is 10.1 Å². The Labute approximate surface area is 172 Å². The van der Waals surface area contributed by atoms with Crippen molar-refractivity contribution in [3.05, 3.63) is 68.3 Å². The lowest BCUT2D eigenvalue weighted by Gasteiger charge is -2.11. The maximum atomic E-state index is 12.0. The molecule has 0 bridgehead atoms. The molecule has 0 spiro atoms. The Morgan fingerprint density at radius 2 is 1.73 bits per heavy atom.